The lowest BCUT2D eigenvalue weighted by Gasteiger charge is -2.15. The zero-order valence-electron chi connectivity index (χ0n) is 14.1. The highest BCUT2D eigenvalue weighted by atomic mass is 16.6. The molecular weight excluding hydrogens is 322 g/mol. The first-order valence-electron chi connectivity index (χ1n) is 7.91. The van der Waals surface area contributed by atoms with Gasteiger partial charge >= 0.3 is 5.97 Å². The van der Waals surface area contributed by atoms with Crippen LogP contribution in [0.15, 0.2) is 48.5 Å². The molecule has 1 atom stereocenters. The van der Waals surface area contributed by atoms with Crippen molar-refractivity contribution in [3.05, 3.63) is 54.1 Å². The third-order valence-corrected chi connectivity index (χ3v) is 3.65. The van der Waals surface area contributed by atoms with Crippen LogP contribution >= 0.6 is 0 Å². The maximum Gasteiger partial charge on any atom is 0.343 e. The van der Waals surface area contributed by atoms with Crippen LogP contribution in [-0.4, -0.2) is 30.7 Å². The Kier molecular flexibility index (Phi) is 4.72. The van der Waals surface area contributed by atoms with E-state index in [0.29, 0.717) is 36.0 Å². The zero-order chi connectivity index (χ0) is 17.9. The van der Waals surface area contributed by atoms with Gasteiger partial charge in [0, 0.05) is 13.0 Å². The molecule has 0 unspecified atom stereocenters. The van der Waals surface area contributed by atoms with E-state index in [0.717, 1.165) is 0 Å². The average Bonchev–Trinajstić information content (AvgIpc) is 3.33. The van der Waals surface area contributed by atoms with Crippen molar-refractivity contribution in [3.8, 4) is 11.5 Å². The van der Waals surface area contributed by atoms with Crippen molar-refractivity contribution in [2.75, 3.05) is 18.5 Å². The Hall–Kier alpha value is -2.86. The van der Waals surface area contributed by atoms with Crippen LogP contribution in [0.5, 0.6) is 11.5 Å². The number of hydrogen-bond donors (Lipinski definition) is 1. The monoisotopic (exact) mass is 341 g/mol. The van der Waals surface area contributed by atoms with Crippen molar-refractivity contribution >= 4 is 17.6 Å². The number of hydrogen-bond acceptors (Lipinski definition) is 5. The molecule has 1 heterocycles. The number of rotatable bonds is 6. The van der Waals surface area contributed by atoms with Gasteiger partial charge in [0.2, 0.25) is 5.91 Å². The maximum absolute atomic E-state index is 12.2. The average molecular weight is 341 g/mol. The molecule has 0 aliphatic carbocycles. The van der Waals surface area contributed by atoms with Gasteiger partial charge in [-0.15, -0.1) is 0 Å². The van der Waals surface area contributed by atoms with E-state index >= 15 is 0 Å². The van der Waals surface area contributed by atoms with E-state index in [2.05, 4.69) is 5.32 Å². The van der Waals surface area contributed by atoms with Crippen LogP contribution in [0.1, 0.15) is 24.2 Å². The van der Waals surface area contributed by atoms with E-state index in [9.17, 15) is 9.59 Å². The molecule has 0 radical (unpaired) electrons. The van der Waals surface area contributed by atoms with E-state index < -0.39 is 5.97 Å². The Morgan fingerprint density at radius 2 is 1.92 bits per heavy atom. The van der Waals surface area contributed by atoms with Gasteiger partial charge in [-0.3, -0.25) is 4.79 Å². The highest BCUT2D eigenvalue weighted by molar-refractivity contribution is 5.92. The fourth-order valence-electron chi connectivity index (χ4n) is 2.16. The number of ether oxygens (including phenoxy) is 3. The Balaban J connectivity index is 1.77. The number of esters is 1. The molecule has 1 fully saturated rings. The van der Waals surface area contributed by atoms with E-state index in [1.165, 1.54) is 6.92 Å². The van der Waals surface area contributed by atoms with Crippen molar-refractivity contribution in [1.29, 1.82) is 0 Å². The Morgan fingerprint density at radius 3 is 2.56 bits per heavy atom. The number of carbonyl (C=O) groups excluding carboxylic acids is 2. The molecule has 0 saturated carbocycles. The fourth-order valence-corrected chi connectivity index (χ4v) is 2.16. The Labute approximate surface area is 145 Å². The molecule has 0 bridgehead atoms. The van der Waals surface area contributed by atoms with Crippen LogP contribution in [0.4, 0.5) is 5.69 Å². The van der Waals surface area contributed by atoms with Crippen molar-refractivity contribution in [1.82, 2.24) is 0 Å². The van der Waals surface area contributed by atoms with Gasteiger partial charge in [-0.1, -0.05) is 18.2 Å². The van der Waals surface area contributed by atoms with Gasteiger partial charge in [-0.2, -0.15) is 0 Å². The summed E-state index contributed by atoms with van der Waals surface area (Å²) in [6, 6.07) is 13.5. The molecule has 1 amide bonds. The summed E-state index contributed by atoms with van der Waals surface area (Å²) in [5, 5.41) is 2.70. The quantitative estimate of drug-likeness (QED) is 0.496. The molecule has 2 aromatic rings. The predicted molar refractivity (Wildman–Crippen MR) is 92.0 cm³/mol. The molecule has 1 saturated heterocycles. The molecule has 2 aromatic carbocycles. The van der Waals surface area contributed by atoms with Crippen molar-refractivity contribution in [2.24, 2.45) is 0 Å². The molecular formula is C19H19NO5. The van der Waals surface area contributed by atoms with Gasteiger partial charge in [0.25, 0.3) is 0 Å². The van der Waals surface area contributed by atoms with E-state index in [1.54, 1.807) is 42.5 Å². The molecule has 25 heavy (non-hydrogen) atoms. The predicted octanol–water partition coefficient (Wildman–Crippen LogP) is 3.03. The van der Waals surface area contributed by atoms with Crippen LogP contribution < -0.4 is 14.8 Å². The van der Waals surface area contributed by atoms with E-state index in [4.69, 9.17) is 14.2 Å². The van der Waals surface area contributed by atoms with Crippen LogP contribution in [0.2, 0.25) is 0 Å². The molecule has 0 spiro atoms. The number of benzene rings is 2. The zero-order valence-corrected chi connectivity index (χ0v) is 14.1. The summed E-state index contributed by atoms with van der Waals surface area (Å²) in [5.41, 5.74) is 0.663. The largest absolute Gasteiger partial charge is 0.488 e. The number of nitrogens with one attached hydrogen (secondary N) is 1. The second-order valence-corrected chi connectivity index (χ2v) is 6.12. The van der Waals surface area contributed by atoms with Gasteiger partial charge < -0.3 is 19.5 Å². The molecule has 6 nitrogen and oxygen atoms in total. The lowest BCUT2D eigenvalue weighted by atomic mass is 10.2. The molecule has 0 aromatic heterocycles. The van der Waals surface area contributed by atoms with Crippen LogP contribution in [0, 0.1) is 0 Å². The SMILES string of the molecule is CC(=O)Nc1ccc(OC(=O)c2ccccc2)cc1OC[C@]1(C)CO1. The van der Waals surface area contributed by atoms with E-state index in [-0.39, 0.29) is 11.5 Å². The third-order valence-electron chi connectivity index (χ3n) is 3.65. The summed E-state index contributed by atoms with van der Waals surface area (Å²) in [7, 11) is 0. The normalized spacial score (nSPS) is 18.3. The number of carbonyl (C=O) groups is 2. The minimum absolute atomic E-state index is 0.215. The van der Waals surface area contributed by atoms with Gasteiger partial charge in [0.1, 0.15) is 23.7 Å². The van der Waals surface area contributed by atoms with Crippen molar-refractivity contribution in [3.63, 3.8) is 0 Å². The Morgan fingerprint density at radius 1 is 1.20 bits per heavy atom. The summed E-state index contributed by atoms with van der Waals surface area (Å²) in [5.74, 6) is 0.0780. The highest BCUT2D eigenvalue weighted by Gasteiger charge is 2.40. The maximum atomic E-state index is 12.2. The fraction of sp³-hybridized carbons (Fsp3) is 0.263. The number of amides is 1. The second kappa shape index (κ2) is 6.94. The number of anilines is 1. The lowest BCUT2D eigenvalue weighted by molar-refractivity contribution is -0.114. The van der Waals surface area contributed by atoms with Gasteiger partial charge in [0.05, 0.1) is 17.9 Å². The summed E-state index contributed by atoms with van der Waals surface area (Å²) >= 11 is 0. The minimum Gasteiger partial charge on any atom is -0.488 e. The first-order chi connectivity index (χ1) is 12.0. The van der Waals surface area contributed by atoms with Crippen LogP contribution in [0.25, 0.3) is 0 Å². The standard InChI is InChI=1S/C19H19NO5/c1-13(21)20-16-9-8-15(10-17(16)23-11-19(2)12-24-19)25-18(22)14-6-4-3-5-7-14/h3-10H,11-12H2,1-2H3,(H,20,21)/t19-/m1/s1. The summed E-state index contributed by atoms with van der Waals surface area (Å²) < 4.78 is 16.4. The van der Waals surface area contributed by atoms with Crippen molar-refractivity contribution in [2.45, 2.75) is 19.4 Å². The van der Waals surface area contributed by atoms with Gasteiger partial charge in [-0.05, 0) is 31.2 Å². The highest BCUT2D eigenvalue weighted by Crippen LogP contribution is 2.33. The van der Waals surface area contributed by atoms with E-state index in [1.807, 2.05) is 13.0 Å². The summed E-state index contributed by atoms with van der Waals surface area (Å²) in [6.07, 6.45) is 0. The first-order valence-corrected chi connectivity index (χ1v) is 7.91. The number of epoxide rings is 1. The molecule has 1 N–H and O–H groups in total. The first kappa shape index (κ1) is 17.0. The molecule has 1 aliphatic rings. The third kappa shape index (κ3) is 4.58. The molecule has 6 heteroatoms. The topological polar surface area (TPSA) is 77.2 Å². The lowest BCUT2D eigenvalue weighted by Crippen LogP contribution is -2.18. The molecule has 130 valence electrons. The molecule has 1 aliphatic heterocycles. The summed E-state index contributed by atoms with van der Waals surface area (Å²) in [4.78, 5) is 23.5. The summed E-state index contributed by atoms with van der Waals surface area (Å²) in [6.45, 7) is 4.32. The van der Waals surface area contributed by atoms with Crippen molar-refractivity contribution < 1.29 is 23.8 Å². The van der Waals surface area contributed by atoms with Crippen LogP contribution in [-0.2, 0) is 9.53 Å². The van der Waals surface area contributed by atoms with Gasteiger partial charge in [-0.25, -0.2) is 4.79 Å². The Bertz CT molecular complexity index is 784. The van der Waals surface area contributed by atoms with Gasteiger partial charge in [0.15, 0.2) is 0 Å². The minimum atomic E-state index is -0.462. The molecule has 3 rings (SSSR count). The second-order valence-electron chi connectivity index (χ2n) is 6.12. The van der Waals surface area contributed by atoms with Crippen LogP contribution in [0.3, 0.4) is 0 Å². The smallest absolute Gasteiger partial charge is 0.343 e.